The number of carboxylic acid groups (broad SMARTS) is 1. The number of benzene rings is 1. The van der Waals surface area contributed by atoms with Crippen LogP contribution in [0.15, 0.2) is 24.3 Å². The van der Waals surface area contributed by atoms with Gasteiger partial charge in [0.15, 0.2) is 0 Å². The van der Waals surface area contributed by atoms with Crippen molar-refractivity contribution in [1.29, 1.82) is 0 Å². The zero-order valence-electron chi connectivity index (χ0n) is 9.85. The van der Waals surface area contributed by atoms with Crippen LogP contribution < -0.4 is 5.32 Å². The maximum absolute atomic E-state index is 11.0. The third kappa shape index (κ3) is 2.84. The Morgan fingerprint density at radius 1 is 1.53 bits per heavy atom. The topological polar surface area (TPSA) is 58.6 Å². The lowest BCUT2D eigenvalue weighted by atomic mass is 10.1. The second-order valence-electron chi connectivity index (χ2n) is 4.31. The van der Waals surface area contributed by atoms with Crippen LogP contribution in [0.5, 0.6) is 0 Å². The van der Waals surface area contributed by atoms with E-state index in [0.717, 1.165) is 18.6 Å². The van der Waals surface area contributed by atoms with Gasteiger partial charge in [0.05, 0.1) is 11.7 Å². The quantitative estimate of drug-likeness (QED) is 0.833. The van der Waals surface area contributed by atoms with E-state index in [4.69, 9.17) is 9.84 Å². The molecular weight excluding hydrogens is 218 g/mol. The van der Waals surface area contributed by atoms with Gasteiger partial charge in [-0.15, -0.1) is 0 Å². The Bertz CT molecular complexity index is 405. The van der Waals surface area contributed by atoms with Gasteiger partial charge in [0.2, 0.25) is 0 Å². The molecule has 4 nitrogen and oxygen atoms in total. The van der Waals surface area contributed by atoms with Crippen LogP contribution in [0.25, 0.3) is 0 Å². The monoisotopic (exact) mass is 235 g/mol. The van der Waals surface area contributed by atoms with E-state index in [1.54, 1.807) is 12.1 Å². The molecule has 0 amide bonds. The molecule has 0 aromatic heterocycles. The second kappa shape index (κ2) is 5.29. The maximum Gasteiger partial charge on any atom is 0.336 e. The predicted octanol–water partition coefficient (Wildman–Crippen LogP) is 1.65. The van der Waals surface area contributed by atoms with Crippen molar-refractivity contribution < 1.29 is 14.6 Å². The van der Waals surface area contributed by atoms with Crippen LogP contribution in [0.3, 0.4) is 0 Å². The first-order valence-electron chi connectivity index (χ1n) is 5.84. The highest BCUT2D eigenvalue weighted by Crippen LogP contribution is 2.14. The van der Waals surface area contributed by atoms with E-state index in [9.17, 15) is 4.79 Å². The van der Waals surface area contributed by atoms with Crippen LogP contribution in [0, 0.1) is 0 Å². The molecule has 0 aliphatic carbocycles. The second-order valence-corrected chi connectivity index (χ2v) is 4.31. The minimum absolute atomic E-state index is 0.201. The summed E-state index contributed by atoms with van der Waals surface area (Å²) in [6.07, 6.45) is 1.18. The standard InChI is InChI=1S/C13H17NO3/c1-9-12(6-7-17-9)14-8-10-4-2-3-5-11(10)13(15)16/h2-5,9,12,14H,6-8H2,1H3,(H,15,16). The van der Waals surface area contributed by atoms with Crippen molar-refractivity contribution >= 4 is 5.97 Å². The average Bonchev–Trinajstić information content (AvgIpc) is 2.72. The van der Waals surface area contributed by atoms with Crippen molar-refractivity contribution in [2.24, 2.45) is 0 Å². The average molecular weight is 235 g/mol. The molecule has 0 bridgehead atoms. The highest BCUT2D eigenvalue weighted by molar-refractivity contribution is 5.89. The van der Waals surface area contributed by atoms with Gasteiger partial charge in [-0.2, -0.15) is 0 Å². The number of hydrogen-bond acceptors (Lipinski definition) is 3. The molecule has 1 aromatic carbocycles. The number of ether oxygens (including phenoxy) is 1. The van der Waals surface area contributed by atoms with Crippen LogP contribution in [0.1, 0.15) is 29.3 Å². The lowest BCUT2D eigenvalue weighted by Crippen LogP contribution is -2.34. The third-order valence-corrected chi connectivity index (χ3v) is 3.18. The van der Waals surface area contributed by atoms with E-state index in [2.05, 4.69) is 5.32 Å². The molecule has 1 aliphatic rings. The Morgan fingerprint density at radius 3 is 2.94 bits per heavy atom. The summed E-state index contributed by atoms with van der Waals surface area (Å²) in [5.41, 5.74) is 1.19. The Kier molecular flexibility index (Phi) is 3.76. The highest BCUT2D eigenvalue weighted by Gasteiger charge is 2.23. The first-order chi connectivity index (χ1) is 8.18. The number of carbonyl (C=O) groups is 1. The van der Waals surface area contributed by atoms with Crippen molar-refractivity contribution in [2.75, 3.05) is 6.61 Å². The van der Waals surface area contributed by atoms with E-state index < -0.39 is 5.97 Å². The molecule has 1 aromatic rings. The van der Waals surface area contributed by atoms with Gasteiger partial charge in [-0.05, 0) is 25.0 Å². The molecule has 1 saturated heterocycles. The minimum atomic E-state index is -0.877. The summed E-state index contributed by atoms with van der Waals surface area (Å²) in [5, 5.41) is 12.4. The molecule has 4 heteroatoms. The molecule has 0 spiro atoms. The molecule has 2 atom stereocenters. The van der Waals surface area contributed by atoms with Crippen LogP contribution in [-0.4, -0.2) is 29.8 Å². The Morgan fingerprint density at radius 2 is 2.29 bits per heavy atom. The smallest absolute Gasteiger partial charge is 0.336 e. The van der Waals surface area contributed by atoms with Crippen LogP contribution in [0.4, 0.5) is 0 Å². The van der Waals surface area contributed by atoms with Crippen LogP contribution in [-0.2, 0) is 11.3 Å². The fourth-order valence-electron chi connectivity index (χ4n) is 2.12. The van der Waals surface area contributed by atoms with Crippen molar-refractivity contribution in [3.8, 4) is 0 Å². The molecule has 2 rings (SSSR count). The molecule has 2 N–H and O–H groups in total. The van der Waals surface area contributed by atoms with Crippen LogP contribution in [0.2, 0.25) is 0 Å². The van der Waals surface area contributed by atoms with Gasteiger partial charge in [-0.3, -0.25) is 0 Å². The van der Waals surface area contributed by atoms with E-state index in [1.165, 1.54) is 0 Å². The number of nitrogens with one attached hydrogen (secondary N) is 1. The molecule has 1 heterocycles. The first kappa shape index (κ1) is 12.1. The van der Waals surface area contributed by atoms with Gasteiger partial charge in [0, 0.05) is 19.2 Å². The van der Waals surface area contributed by atoms with Crippen LogP contribution >= 0.6 is 0 Å². The van der Waals surface area contributed by atoms with E-state index >= 15 is 0 Å². The Hall–Kier alpha value is -1.39. The Labute approximate surface area is 101 Å². The summed E-state index contributed by atoms with van der Waals surface area (Å²) >= 11 is 0. The fraction of sp³-hybridized carbons (Fsp3) is 0.462. The van der Waals surface area contributed by atoms with Gasteiger partial charge in [0.1, 0.15) is 0 Å². The van der Waals surface area contributed by atoms with E-state index in [-0.39, 0.29) is 6.10 Å². The molecule has 17 heavy (non-hydrogen) atoms. The van der Waals surface area contributed by atoms with Crippen molar-refractivity contribution in [3.63, 3.8) is 0 Å². The number of hydrogen-bond donors (Lipinski definition) is 2. The Balaban J connectivity index is 2.01. The summed E-state index contributed by atoms with van der Waals surface area (Å²) in [4.78, 5) is 11.0. The van der Waals surface area contributed by atoms with Gasteiger partial charge in [-0.1, -0.05) is 18.2 Å². The molecule has 1 aliphatic heterocycles. The summed E-state index contributed by atoms with van der Waals surface area (Å²) < 4.78 is 5.45. The lowest BCUT2D eigenvalue weighted by molar-refractivity contribution is 0.0695. The first-order valence-corrected chi connectivity index (χ1v) is 5.84. The maximum atomic E-state index is 11.0. The molecular formula is C13H17NO3. The largest absolute Gasteiger partial charge is 0.478 e. The molecule has 0 saturated carbocycles. The third-order valence-electron chi connectivity index (χ3n) is 3.18. The van der Waals surface area contributed by atoms with Crippen molar-refractivity contribution in [1.82, 2.24) is 5.32 Å². The summed E-state index contributed by atoms with van der Waals surface area (Å²) in [7, 11) is 0. The van der Waals surface area contributed by atoms with Gasteiger partial charge >= 0.3 is 5.97 Å². The predicted molar refractivity (Wildman–Crippen MR) is 64.1 cm³/mol. The molecule has 0 radical (unpaired) electrons. The van der Waals surface area contributed by atoms with Crippen molar-refractivity contribution in [3.05, 3.63) is 35.4 Å². The molecule has 1 fully saturated rings. The summed E-state index contributed by atoms with van der Waals surface area (Å²) in [6, 6.07) is 7.40. The van der Waals surface area contributed by atoms with E-state index in [1.807, 2.05) is 19.1 Å². The van der Waals surface area contributed by atoms with Gasteiger partial charge < -0.3 is 15.2 Å². The van der Waals surface area contributed by atoms with E-state index in [0.29, 0.717) is 18.2 Å². The molecule has 2 unspecified atom stereocenters. The zero-order valence-corrected chi connectivity index (χ0v) is 9.85. The summed E-state index contributed by atoms with van der Waals surface area (Å²) in [5.74, 6) is -0.877. The fourth-order valence-corrected chi connectivity index (χ4v) is 2.12. The zero-order chi connectivity index (χ0) is 12.3. The minimum Gasteiger partial charge on any atom is -0.478 e. The van der Waals surface area contributed by atoms with Gasteiger partial charge in [0.25, 0.3) is 0 Å². The van der Waals surface area contributed by atoms with Crippen molar-refractivity contribution in [2.45, 2.75) is 32.0 Å². The normalized spacial score (nSPS) is 23.8. The molecule has 92 valence electrons. The number of rotatable bonds is 4. The number of aromatic carboxylic acids is 1. The van der Waals surface area contributed by atoms with Gasteiger partial charge in [-0.25, -0.2) is 4.79 Å². The highest BCUT2D eigenvalue weighted by atomic mass is 16.5. The summed E-state index contributed by atoms with van der Waals surface area (Å²) in [6.45, 7) is 3.38. The number of carboxylic acids is 1. The lowest BCUT2D eigenvalue weighted by Gasteiger charge is -2.16. The SMILES string of the molecule is CC1OCCC1NCc1ccccc1C(=O)O.